The zero-order chi connectivity index (χ0) is 27.6. The minimum absolute atomic E-state index is 0.190. The number of halogens is 3. The summed E-state index contributed by atoms with van der Waals surface area (Å²) >= 11 is 0. The number of hydrogen-bond donors (Lipinski definition) is 2. The van der Waals surface area contributed by atoms with Crippen LogP contribution in [-0.2, 0) is 19.1 Å². The van der Waals surface area contributed by atoms with Gasteiger partial charge in [-0.25, -0.2) is 14.8 Å². The Morgan fingerprint density at radius 1 is 1.16 bits per heavy atom. The number of rotatable bonds is 8. The predicted molar refractivity (Wildman–Crippen MR) is 135 cm³/mol. The number of nitrogens with two attached hydrogens (primary N) is 1. The van der Waals surface area contributed by atoms with Gasteiger partial charge in [0.15, 0.2) is 0 Å². The van der Waals surface area contributed by atoms with E-state index in [4.69, 9.17) is 5.73 Å². The second-order valence-electron chi connectivity index (χ2n) is 8.75. The molecule has 4 aromatic rings. The largest absolute Gasteiger partial charge is 0.418 e. The van der Waals surface area contributed by atoms with Crippen LogP contribution >= 0.6 is 0 Å². The van der Waals surface area contributed by atoms with E-state index in [1.54, 1.807) is 12.1 Å². The number of likely N-dealkylation sites (N-methyl/N-ethyl adjacent to an activating group) is 1. The number of amides is 2. The Morgan fingerprint density at radius 3 is 2.47 bits per heavy atom. The molecule has 0 aliphatic carbocycles. The van der Waals surface area contributed by atoms with Gasteiger partial charge in [0, 0.05) is 23.1 Å². The number of nitrogens with zero attached hydrogens (tertiary/aromatic N) is 5. The monoisotopic (exact) mass is 527 g/mol. The van der Waals surface area contributed by atoms with Crippen LogP contribution in [-0.4, -0.2) is 44.4 Å². The SMILES string of the molecule is Cc1[nH]c2ccc(N(C(N)=O)c3ccccc3C(F)(F)F)cc2c1CCN(C)Cc1ncc([N+](=O)[O-])cn1. The Bertz CT molecular complexity index is 1490. The number of urea groups is 1. The van der Waals surface area contributed by atoms with Crippen molar-refractivity contribution in [2.75, 3.05) is 18.5 Å². The van der Waals surface area contributed by atoms with Crippen molar-refractivity contribution in [3.63, 3.8) is 0 Å². The van der Waals surface area contributed by atoms with Crippen molar-refractivity contribution in [1.82, 2.24) is 19.9 Å². The van der Waals surface area contributed by atoms with Crippen LogP contribution in [0, 0.1) is 17.0 Å². The lowest BCUT2D eigenvalue weighted by Gasteiger charge is -2.24. The van der Waals surface area contributed by atoms with Crippen LogP contribution in [0.5, 0.6) is 0 Å². The lowest BCUT2D eigenvalue weighted by molar-refractivity contribution is -0.385. The van der Waals surface area contributed by atoms with Crippen molar-refractivity contribution in [3.05, 3.63) is 87.6 Å². The van der Waals surface area contributed by atoms with Gasteiger partial charge in [-0.05, 0) is 56.3 Å². The normalized spacial score (nSPS) is 11.7. The molecular formula is C25H24F3N7O3. The molecule has 38 heavy (non-hydrogen) atoms. The molecule has 0 bridgehead atoms. The zero-order valence-electron chi connectivity index (χ0n) is 20.5. The summed E-state index contributed by atoms with van der Waals surface area (Å²) in [7, 11) is 1.85. The third-order valence-electron chi connectivity index (χ3n) is 6.09. The molecule has 0 fully saturated rings. The fourth-order valence-corrected chi connectivity index (χ4v) is 4.27. The highest BCUT2D eigenvalue weighted by atomic mass is 19.4. The molecule has 2 aromatic heterocycles. The first-order valence-electron chi connectivity index (χ1n) is 11.5. The third-order valence-corrected chi connectivity index (χ3v) is 6.09. The molecule has 4 rings (SSSR count). The topological polar surface area (TPSA) is 134 Å². The van der Waals surface area contributed by atoms with Crippen LogP contribution in [0.15, 0.2) is 54.9 Å². The lowest BCUT2D eigenvalue weighted by Crippen LogP contribution is -2.33. The van der Waals surface area contributed by atoms with Gasteiger partial charge in [0.05, 0.1) is 28.4 Å². The fourth-order valence-electron chi connectivity index (χ4n) is 4.27. The Hall–Kier alpha value is -4.52. The van der Waals surface area contributed by atoms with Crippen molar-refractivity contribution in [2.24, 2.45) is 5.73 Å². The number of nitro groups is 1. The minimum atomic E-state index is -4.68. The van der Waals surface area contributed by atoms with E-state index in [9.17, 15) is 28.1 Å². The summed E-state index contributed by atoms with van der Waals surface area (Å²) in [6.45, 7) is 2.81. The summed E-state index contributed by atoms with van der Waals surface area (Å²) in [4.78, 5) is 36.7. The maximum atomic E-state index is 13.7. The Labute approximate surface area is 215 Å². The van der Waals surface area contributed by atoms with Crippen molar-refractivity contribution in [3.8, 4) is 0 Å². The molecule has 0 atom stereocenters. The standard InChI is InChI=1S/C25H24F3N7O3/c1-15-18(9-10-33(2)14-23-30-12-17(13-31-23)35(37)38)19-11-16(7-8-21(19)32-15)34(24(29)36)22-6-4-3-5-20(22)25(26,27)28/h3-8,11-13,32H,9-10,14H2,1-2H3,(H2,29,36). The van der Waals surface area contributed by atoms with Gasteiger partial charge >= 0.3 is 17.9 Å². The first-order chi connectivity index (χ1) is 18.0. The maximum Gasteiger partial charge on any atom is 0.418 e. The molecule has 0 aliphatic rings. The van der Waals surface area contributed by atoms with Crippen LogP contribution in [0.4, 0.5) is 35.0 Å². The molecule has 0 aliphatic heterocycles. The molecule has 0 spiro atoms. The van der Waals surface area contributed by atoms with Crippen molar-refractivity contribution >= 4 is 34.0 Å². The summed E-state index contributed by atoms with van der Waals surface area (Å²) in [6.07, 6.45) is -1.80. The molecule has 2 aromatic carbocycles. The van der Waals surface area contributed by atoms with Gasteiger partial charge in [-0.3, -0.25) is 19.9 Å². The Kier molecular flexibility index (Phi) is 7.30. The molecule has 2 heterocycles. The molecule has 198 valence electrons. The number of carbonyl (C=O) groups is 1. The molecule has 0 unspecified atom stereocenters. The summed E-state index contributed by atoms with van der Waals surface area (Å²) in [5, 5.41) is 11.5. The number of H-pyrrole nitrogens is 1. The highest BCUT2D eigenvalue weighted by Gasteiger charge is 2.36. The average molecular weight is 528 g/mol. The molecule has 0 saturated carbocycles. The first kappa shape index (κ1) is 26.5. The van der Waals surface area contributed by atoms with Crippen LogP contribution in [0.3, 0.4) is 0 Å². The lowest BCUT2D eigenvalue weighted by atomic mass is 10.1. The number of primary amides is 1. The van der Waals surface area contributed by atoms with E-state index in [-0.39, 0.29) is 17.1 Å². The van der Waals surface area contributed by atoms with E-state index in [1.807, 2.05) is 18.9 Å². The number of carbonyl (C=O) groups excluding carboxylic acids is 1. The van der Waals surface area contributed by atoms with Gasteiger partial charge in [0.25, 0.3) is 0 Å². The summed E-state index contributed by atoms with van der Waals surface area (Å²) in [5.74, 6) is 0.427. The van der Waals surface area contributed by atoms with E-state index in [2.05, 4.69) is 15.0 Å². The summed E-state index contributed by atoms with van der Waals surface area (Å²) < 4.78 is 41.0. The van der Waals surface area contributed by atoms with Crippen LogP contribution in [0.1, 0.15) is 22.6 Å². The number of anilines is 2. The Morgan fingerprint density at radius 2 is 1.84 bits per heavy atom. The van der Waals surface area contributed by atoms with Crippen molar-refractivity contribution in [2.45, 2.75) is 26.1 Å². The van der Waals surface area contributed by atoms with Crippen molar-refractivity contribution < 1.29 is 22.9 Å². The Balaban J connectivity index is 1.60. The van der Waals surface area contributed by atoms with E-state index < -0.39 is 22.7 Å². The smallest absolute Gasteiger partial charge is 0.358 e. The van der Waals surface area contributed by atoms with Gasteiger partial charge < -0.3 is 10.7 Å². The number of hydrogen-bond acceptors (Lipinski definition) is 6. The second kappa shape index (κ2) is 10.5. The molecule has 0 saturated heterocycles. The molecule has 13 heteroatoms. The van der Waals surface area contributed by atoms with E-state index in [0.717, 1.165) is 45.5 Å². The molecular weight excluding hydrogens is 503 g/mol. The number of alkyl halides is 3. The van der Waals surface area contributed by atoms with Crippen LogP contribution in [0.25, 0.3) is 10.9 Å². The van der Waals surface area contributed by atoms with Crippen LogP contribution < -0.4 is 10.6 Å². The average Bonchev–Trinajstić information content (AvgIpc) is 3.17. The molecule has 2 amide bonds. The van der Waals surface area contributed by atoms with Gasteiger partial charge in [0.1, 0.15) is 18.2 Å². The first-order valence-corrected chi connectivity index (χ1v) is 11.5. The van der Waals surface area contributed by atoms with Gasteiger partial charge in [-0.2, -0.15) is 13.2 Å². The quantitative estimate of drug-likeness (QED) is 0.242. The third kappa shape index (κ3) is 5.57. The predicted octanol–water partition coefficient (Wildman–Crippen LogP) is 5.08. The molecule has 3 N–H and O–H groups in total. The zero-order valence-corrected chi connectivity index (χ0v) is 20.5. The molecule has 0 radical (unpaired) electrons. The number of aromatic nitrogens is 3. The van der Waals surface area contributed by atoms with Gasteiger partial charge in [-0.1, -0.05) is 12.1 Å². The number of aromatic amines is 1. The fraction of sp³-hybridized carbons (Fsp3) is 0.240. The van der Waals surface area contributed by atoms with Crippen molar-refractivity contribution in [1.29, 1.82) is 0 Å². The van der Waals surface area contributed by atoms with Gasteiger partial charge in [0.2, 0.25) is 0 Å². The summed E-state index contributed by atoms with van der Waals surface area (Å²) in [5.41, 5.74) is 6.79. The number of fused-ring (bicyclic) bond motifs is 1. The number of benzene rings is 2. The minimum Gasteiger partial charge on any atom is -0.358 e. The summed E-state index contributed by atoms with van der Waals surface area (Å²) in [6, 6.07) is 8.61. The highest BCUT2D eigenvalue weighted by Crippen LogP contribution is 2.40. The van der Waals surface area contributed by atoms with E-state index in [1.165, 1.54) is 24.3 Å². The van der Waals surface area contributed by atoms with E-state index in [0.29, 0.717) is 25.3 Å². The van der Waals surface area contributed by atoms with E-state index >= 15 is 0 Å². The van der Waals surface area contributed by atoms with Crippen LogP contribution in [0.2, 0.25) is 0 Å². The highest BCUT2D eigenvalue weighted by molar-refractivity contribution is 6.01. The number of aryl methyl sites for hydroxylation is 1. The maximum absolute atomic E-state index is 13.7. The molecule has 10 nitrogen and oxygen atoms in total. The number of para-hydroxylation sites is 1. The number of nitrogens with one attached hydrogen (secondary N) is 1. The second-order valence-corrected chi connectivity index (χ2v) is 8.75. The van der Waals surface area contributed by atoms with Gasteiger partial charge in [-0.15, -0.1) is 0 Å².